The van der Waals surface area contributed by atoms with Gasteiger partial charge in [0.2, 0.25) is 10.0 Å². The smallest absolute Gasteiger partial charge is 0.241 e. The van der Waals surface area contributed by atoms with E-state index in [4.69, 9.17) is 4.74 Å². The van der Waals surface area contributed by atoms with Gasteiger partial charge in [-0.25, -0.2) is 13.1 Å². The number of hydrogen-bond acceptors (Lipinski definition) is 4. The molecule has 2 N–H and O–H groups in total. The molecule has 2 unspecified atom stereocenters. The summed E-state index contributed by atoms with van der Waals surface area (Å²) < 4.78 is 35.5. The van der Waals surface area contributed by atoms with E-state index in [1.807, 2.05) is 79.7 Å². The average molecular weight is 451 g/mol. The van der Waals surface area contributed by atoms with Crippen LogP contribution in [0.1, 0.15) is 41.6 Å². The second-order valence-electron chi connectivity index (χ2n) is 8.25. The van der Waals surface area contributed by atoms with Gasteiger partial charge in [-0.15, -0.1) is 0 Å². The molecule has 3 aromatic rings. The Morgan fingerprint density at radius 3 is 2.03 bits per heavy atom. The Morgan fingerprint density at radius 1 is 0.875 bits per heavy atom. The van der Waals surface area contributed by atoms with Gasteiger partial charge >= 0.3 is 0 Å². The van der Waals surface area contributed by atoms with E-state index < -0.39 is 16.1 Å². The molecule has 0 saturated carbocycles. The van der Waals surface area contributed by atoms with Crippen molar-refractivity contribution >= 4 is 10.0 Å². The number of benzene rings is 3. The van der Waals surface area contributed by atoms with Crippen LogP contribution in [-0.2, 0) is 14.8 Å². The number of aryl methyl sites for hydroxylation is 1. The maximum Gasteiger partial charge on any atom is 0.241 e. The quantitative estimate of drug-likeness (QED) is 0.503. The molecule has 5 nitrogen and oxygen atoms in total. The van der Waals surface area contributed by atoms with Crippen molar-refractivity contribution in [2.75, 3.05) is 13.2 Å². The number of hydrogen-bond donors (Lipinski definition) is 2. The lowest BCUT2D eigenvalue weighted by atomic mass is 9.94. The van der Waals surface area contributed by atoms with Crippen LogP contribution in [0.5, 0.6) is 0 Å². The van der Waals surface area contributed by atoms with Gasteiger partial charge in [0.1, 0.15) is 0 Å². The van der Waals surface area contributed by atoms with Crippen LogP contribution in [-0.4, -0.2) is 27.7 Å². The van der Waals surface area contributed by atoms with Crippen LogP contribution < -0.4 is 10.0 Å². The first-order valence-corrected chi connectivity index (χ1v) is 12.5. The van der Waals surface area contributed by atoms with Gasteiger partial charge in [-0.05, 0) is 43.0 Å². The SMILES string of the molecule is Cc1ccc(S(=O)(=O)NC(c2ccccc2)[C@H](NCC2CCCO2)c2ccccc2)cc1. The van der Waals surface area contributed by atoms with Crippen molar-refractivity contribution < 1.29 is 13.2 Å². The first-order valence-electron chi connectivity index (χ1n) is 11.1. The van der Waals surface area contributed by atoms with Gasteiger partial charge in [0, 0.05) is 13.2 Å². The van der Waals surface area contributed by atoms with Crippen LogP contribution in [0.2, 0.25) is 0 Å². The second-order valence-corrected chi connectivity index (χ2v) is 9.97. The van der Waals surface area contributed by atoms with Gasteiger partial charge in [-0.3, -0.25) is 0 Å². The van der Waals surface area contributed by atoms with Crippen molar-refractivity contribution in [2.24, 2.45) is 0 Å². The summed E-state index contributed by atoms with van der Waals surface area (Å²) in [5.74, 6) is 0. The summed E-state index contributed by atoms with van der Waals surface area (Å²) in [6, 6.07) is 25.9. The molecule has 1 heterocycles. The molecule has 0 amide bonds. The Labute approximate surface area is 190 Å². The molecule has 4 rings (SSSR count). The Kier molecular flexibility index (Phi) is 7.37. The molecule has 3 atom stereocenters. The van der Waals surface area contributed by atoms with Crippen LogP contribution >= 0.6 is 0 Å². The molecule has 0 bridgehead atoms. The zero-order chi connectivity index (χ0) is 22.4. The average Bonchev–Trinajstić information content (AvgIpc) is 3.34. The maximum absolute atomic E-state index is 13.4. The molecular formula is C26H30N2O3S. The summed E-state index contributed by atoms with van der Waals surface area (Å²) in [6.07, 6.45) is 2.22. The fraction of sp³-hybridized carbons (Fsp3) is 0.308. The highest BCUT2D eigenvalue weighted by atomic mass is 32.2. The molecule has 6 heteroatoms. The molecule has 1 fully saturated rings. The van der Waals surface area contributed by atoms with Crippen LogP contribution in [0.15, 0.2) is 89.8 Å². The van der Waals surface area contributed by atoms with E-state index in [1.54, 1.807) is 12.1 Å². The summed E-state index contributed by atoms with van der Waals surface area (Å²) >= 11 is 0. The summed E-state index contributed by atoms with van der Waals surface area (Å²) in [5, 5.41) is 3.61. The third-order valence-electron chi connectivity index (χ3n) is 5.85. The van der Waals surface area contributed by atoms with Crippen LogP contribution in [0.3, 0.4) is 0 Å². The van der Waals surface area contributed by atoms with Crippen molar-refractivity contribution in [1.82, 2.24) is 10.0 Å². The molecule has 1 aliphatic rings. The van der Waals surface area contributed by atoms with Crippen molar-refractivity contribution in [3.63, 3.8) is 0 Å². The van der Waals surface area contributed by atoms with Crippen LogP contribution in [0.4, 0.5) is 0 Å². The van der Waals surface area contributed by atoms with Crippen LogP contribution in [0.25, 0.3) is 0 Å². The second kappa shape index (κ2) is 10.4. The molecule has 32 heavy (non-hydrogen) atoms. The van der Waals surface area contributed by atoms with Gasteiger partial charge in [0.25, 0.3) is 0 Å². The lowest BCUT2D eigenvalue weighted by Gasteiger charge is -2.30. The zero-order valence-electron chi connectivity index (χ0n) is 18.3. The highest BCUT2D eigenvalue weighted by Gasteiger charge is 2.30. The van der Waals surface area contributed by atoms with E-state index in [0.717, 1.165) is 36.1 Å². The van der Waals surface area contributed by atoms with Gasteiger partial charge in [0.15, 0.2) is 0 Å². The molecule has 1 saturated heterocycles. The highest BCUT2D eigenvalue weighted by Crippen LogP contribution is 2.31. The van der Waals surface area contributed by atoms with Gasteiger partial charge in [-0.2, -0.15) is 0 Å². The third-order valence-corrected chi connectivity index (χ3v) is 7.31. The fourth-order valence-corrected chi connectivity index (χ4v) is 5.33. The molecule has 0 radical (unpaired) electrons. The van der Waals surface area contributed by atoms with Crippen molar-refractivity contribution in [1.29, 1.82) is 0 Å². The van der Waals surface area contributed by atoms with Crippen molar-refractivity contribution in [2.45, 2.75) is 42.8 Å². The minimum Gasteiger partial charge on any atom is -0.377 e. The number of ether oxygens (including phenoxy) is 1. The molecule has 3 aromatic carbocycles. The van der Waals surface area contributed by atoms with E-state index in [0.29, 0.717) is 6.54 Å². The number of sulfonamides is 1. The Hall–Kier alpha value is -2.51. The lowest BCUT2D eigenvalue weighted by Crippen LogP contribution is -2.40. The van der Waals surface area contributed by atoms with Crippen molar-refractivity contribution in [3.8, 4) is 0 Å². The number of nitrogens with one attached hydrogen (secondary N) is 2. The summed E-state index contributed by atoms with van der Waals surface area (Å²) in [5.41, 5.74) is 2.94. The van der Waals surface area contributed by atoms with E-state index in [-0.39, 0.29) is 17.0 Å². The molecule has 0 aromatic heterocycles. The minimum absolute atomic E-state index is 0.145. The van der Waals surface area contributed by atoms with E-state index in [2.05, 4.69) is 10.0 Å². The Bertz CT molecular complexity index is 1080. The maximum atomic E-state index is 13.4. The third kappa shape index (κ3) is 5.64. The molecule has 0 spiro atoms. The summed E-state index contributed by atoms with van der Waals surface area (Å²) in [4.78, 5) is 0.259. The Morgan fingerprint density at radius 2 is 1.47 bits per heavy atom. The first-order chi connectivity index (χ1) is 15.5. The first kappa shape index (κ1) is 22.7. The summed E-state index contributed by atoms with van der Waals surface area (Å²) in [6.45, 7) is 3.39. The predicted octanol–water partition coefficient (Wildman–Crippen LogP) is 4.52. The number of rotatable bonds is 9. The monoisotopic (exact) mass is 450 g/mol. The van der Waals surface area contributed by atoms with Crippen molar-refractivity contribution in [3.05, 3.63) is 102 Å². The molecule has 1 aliphatic heterocycles. The normalized spacial score (nSPS) is 18.3. The zero-order valence-corrected chi connectivity index (χ0v) is 19.1. The van der Waals surface area contributed by atoms with Gasteiger partial charge in [-0.1, -0.05) is 78.4 Å². The predicted molar refractivity (Wildman–Crippen MR) is 127 cm³/mol. The minimum atomic E-state index is -3.74. The largest absolute Gasteiger partial charge is 0.377 e. The van der Waals surface area contributed by atoms with Crippen LogP contribution in [0, 0.1) is 6.92 Å². The van der Waals surface area contributed by atoms with Gasteiger partial charge < -0.3 is 10.1 Å². The topological polar surface area (TPSA) is 67.4 Å². The van der Waals surface area contributed by atoms with E-state index >= 15 is 0 Å². The molecule has 0 aliphatic carbocycles. The Balaban J connectivity index is 1.69. The van der Waals surface area contributed by atoms with Gasteiger partial charge in [0.05, 0.1) is 23.1 Å². The molecule has 168 valence electrons. The summed E-state index contributed by atoms with van der Waals surface area (Å²) in [7, 11) is -3.74. The van der Waals surface area contributed by atoms with E-state index in [9.17, 15) is 8.42 Å². The van der Waals surface area contributed by atoms with E-state index in [1.165, 1.54) is 0 Å². The highest BCUT2D eigenvalue weighted by molar-refractivity contribution is 7.89. The lowest BCUT2D eigenvalue weighted by molar-refractivity contribution is 0.106. The standard InChI is InChI=1S/C26H30N2O3S/c1-20-14-16-24(17-15-20)32(29,30)28-26(22-11-6-3-7-12-22)25(21-9-4-2-5-10-21)27-19-23-13-8-18-31-23/h2-7,9-12,14-17,23,25-28H,8,13,18-19H2,1H3/t23?,25-,26?/m1/s1. The molecular weight excluding hydrogens is 420 g/mol. The fourth-order valence-electron chi connectivity index (χ4n) is 4.09.